The first kappa shape index (κ1) is 30.7. The van der Waals surface area contributed by atoms with Gasteiger partial charge < -0.3 is 4.74 Å². The molecule has 0 aromatic heterocycles. The SMILES string of the molecule is C=CC(=O)OCC(C1CCCCCCCCC1)(C1CCCCCCCCC1)C1CCCCCCCCC1. The highest BCUT2D eigenvalue weighted by molar-refractivity contribution is 5.81. The molecule has 0 N–H and O–H groups in total. The van der Waals surface area contributed by atoms with Crippen LogP contribution in [0.1, 0.15) is 173 Å². The molecule has 0 aromatic rings. The van der Waals surface area contributed by atoms with Crippen LogP contribution in [0.2, 0.25) is 0 Å². The first-order chi connectivity index (χ1) is 18.3. The van der Waals surface area contributed by atoms with Crippen molar-refractivity contribution >= 4 is 5.97 Å². The second kappa shape index (κ2) is 18.5. The van der Waals surface area contributed by atoms with Gasteiger partial charge in [0.15, 0.2) is 0 Å². The van der Waals surface area contributed by atoms with Gasteiger partial charge in [-0.15, -0.1) is 0 Å². The lowest BCUT2D eigenvalue weighted by molar-refractivity contribution is -0.151. The van der Waals surface area contributed by atoms with Gasteiger partial charge in [0, 0.05) is 11.5 Å². The molecule has 214 valence electrons. The summed E-state index contributed by atoms with van der Waals surface area (Å²) in [5.41, 5.74) is 0.163. The first-order valence-electron chi connectivity index (χ1n) is 17.1. The van der Waals surface area contributed by atoms with E-state index in [1.165, 1.54) is 179 Å². The Morgan fingerprint density at radius 3 is 1.00 bits per heavy atom. The molecule has 0 atom stereocenters. The molecule has 0 heterocycles. The fourth-order valence-corrected chi connectivity index (χ4v) is 8.65. The molecule has 3 aliphatic rings. The van der Waals surface area contributed by atoms with E-state index in [0.29, 0.717) is 24.4 Å². The molecule has 0 bridgehead atoms. The van der Waals surface area contributed by atoms with Gasteiger partial charge in [0.05, 0.1) is 6.61 Å². The third-order valence-corrected chi connectivity index (χ3v) is 10.7. The summed E-state index contributed by atoms with van der Waals surface area (Å²) >= 11 is 0. The molecule has 37 heavy (non-hydrogen) atoms. The maximum atomic E-state index is 12.6. The summed E-state index contributed by atoms with van der Waals surface area (Å²) < 4.78 is 6.24. The Morgan fingerprint density at radius 1 is 0.514 bits per heavy atom. The van der Waals surface area contributed by atoms with E-state index in [9.17, 15) is 4.79 Å². The Morgan fingerprint density at radius 2 is 0.757 bits per heavy atom. The molecule has 0 saturated heterocycles. The molecule has 2 nitrogen and oxygen atoms in total. The zero-order valence-electron chi connectivity index (χ0n) is 24.6. The van der Waals surface area contributed by atoms with Gasteiger partial charge in [-0.25, -0.2) is 4.79 Å². The molecular weight excluding hydrogens is 452 g/mol. The van der Waals surface area contributed by atoms with Crippen molar-refractivity contribution < 1.29 is 9.53 Å². The summed E-state index contributed by atoms with van der Waals surface area (Å²) in [4.78, 5) is 12.6. The van der Waals surface area contributed by atoms with Crippen molar-refractivity contribution in [2.75, 3.05) is 6.61 Å². The fourth-order valence-electron chi connectivity index (χ4n) is 8.65. The third-order valence-electron chi connectivity index (χ3n) is 10.7. The van der Waals surface area contributed by atoms with Crippen molar-refractivity contribution in [3.63, 3.8) is 0 Å². The molecule has 0 amide bonds. The minimum atomic E-state index is -0.191. The average molecular weight is 515 g/mol. The van der Waals surface area contributed by atoms with E-state index < -0.39 is 0 Å². The van der Waals surface area contributed by atoms with Gasteiger partial charge in [0.2, 0.25) is 0 Å². The van der Waals surface area contributed by atoms with Gasteiger partial charge in [0.25, 0.3) is 0 Å². The van der Waals surface area contributed by atoms with Crippen molar-refractivity contribution in [1.82, 2.24) is 0 Å². The summed E-state index contributed by atoms with van der Waals surface area (Å²) in [6.45, 7) is 4.44. The number of carbonyl (C=O) groups excluding carboxylic acids is 1. The molecule has 0 aromatic carbocycles. The van der Waals surface area contributed by atoms with E-state index in [2.05, 4.69) is 6.58 Å². The molecule has 3 aliphatic carbocycles. The number of esters is 1. The Hall–Kier alpha value is -0.790. The number of carbonyl (C=O) groups is 1. The molecule has 3 rings (SSSR count). The lowest BCUT2D eigenvalue weighted by Crippen LogP contribution is -2.49. The van der Waals surface area contributed by atoms with Crippen molar-refractivity contribution in [3.8, 4) is 0 Å². The smallest absolute Gasteiger partial charge is 0.330 e. The van der Waals surface area contributed by atoms with Crippen LogP contribution in [-0.2, 0) is 9.53 Å². The normalized spacial score (nSPS) is 24.5. The standard InChI is InChI=1S/C35H62O2/c1-2-34(36)37-30-35(31-24-18-12-6-3-7-13-19-25-31,32-26-20-14-8-4-9-15-21-27-32)33-28-22-16-10-5-11-17-23-29-33/h2,31-33H,1,3-30H2. The highest BCUT2D eigenvalue weighted by Gasteiger charge is 2.50. The van der Waals surface area contributed by atoms with Crippen molar-refractivity contribution in [2.24, 2.45) is 23.2 Å². The molecule has 0 unspecified atom stereocenters. The van der Waals surface area contributed by atoms with E-state index in [1.807, 2.05) is 0 Å². The van der Waals surface area contributed by atoms with Gasteiger partial charge in [0.1, 0.15) is 0 Å². The van der Waals surface area contributed by atoms with Crippen molar-refractivity contribution in [3.05, 3.63) is 12.7 Å². The number of rotatable bonds is 6. The zero-order valence-corrected chi connectivity index (χ0v) is 24.6. The Kier molecular flexibility index (Phi) is 15.4. The topological polar surface area (TPSA) is 26.3 Å². The molecule has 0 spiro atoms. The van der Waals surface area contributed by atoms with Gasteiger partial charge in [-0.05, 0) is 56.3 Å². The maximum absolute atomic E-state index is 12.6. The predicted octanol–water partition coefficient (Wildman–Crippen LogP) is 11.1. The van der Waals surface area contributed by atoms with Crippen LogP contribution in [-0.4, -0.2) is 12.6 Å². The summed E-state index contributed by atoms with van der Waals surface area (Å²) in [6, 6.07) is 0. The molecule has 3 saturated carbocycles. The van der Waals surface area contributed by atoms with E-state index in [-0.39, 0.29) is 11.4 Å². The van der Waals surface area contributed by atoms with Crippen LogP contribution >= 0.6 is 0 Å². The molecular formula is C35H62O2. The van der Waals surface area contributed by atoms with Gasteiger partial charge in [-0.1, -0.05) is 141 Å². The minimum Gasteiger partial charge on any atom is -0.462 e. The lowest BCUT2D eigenvalue weighted by Gasteiger charge is -2.52. The fraction of sp³-hybridized carbons (Fsp3) is 0.914. The van der Waals surface area contributed by atoms with E-state index >= 15 is 0 Å². The average Bonchev–Trinajstić information content (AvgIpc) is 2.94. The monoisotopic (exact) mass is 514 g/mol. The molecule has 2 heteroatoms. The van der Waals surface area contributed by atoms with Crippen LogP contribution in [0.15, 0.2) is 12.7 Å². The second-order valence-electron chi connectivity index (χ2n) is 13.2. The Balaban J connectivity index is 2.00. The first-order valence-corrected chi connectivity index (χ1v) is 17.1. The van der Waals surface area contributed by atoms with Gasteiger partial charge in [-0.2, -0.15) is 0 Å². The highest BCUT2D eigenvalue weighted by Crippen LogP contribution is 2.55. The van der Waals surface area contributed by atoms with Crippen LogP contribution in [0.25, 0.3) is 0 Å². The number of hydrogen-bond donors (Lipinski definition) is 0. The van der Waals surface area contributed by atoms with Crippen LogP contribution in [0.3, 0.4) is 0 Å². The lowest BCUT2D eigenvalue weighted by atomic mass is 9.53. The van der Waals surface area contributed by atoms with E-state index in [4.69, 9.17) is 4.74 Å². The van der Waals surface area contributed by atoms with Crippen molar-refractivity contribution in [2.45, 2.75) is 173 Å². The van der Waals surface area contributed by atoms with Crippen LogP contribution in [0, 0.1) is 23.2 Å². The highest BCUT2D eigenvalue weighted by atomic mass is 16.5. The Bertz CT molecular complexity index is 516. The van der Waals surface area contributed by atoms with Crippen LogP contribution in [0.4, 0.5) is 0 Å². The quantitative estimate of drug-likeness (QED) is 0.260. The van der Waals surface area contributed by atoms with Gasteiger partial charge >= 0.3 is 5.97 Å². The molecule has 3 fully saturated rings. The van der Waals surface area contributed by atoms with Crippen LogP contribution < -0.4 is 0 Å². The number of ether oxygens (including phenoxy) is 1. The summed E-state index contributed by atoms with van der Waals surface area (Å²) in [7, 11) is 0. The minimum absolute atomic E-state index is 0.163. The molecule has 0 aliphatic heterocycles. The predicted molar refractivity (Wildman–Crippen MR) is 159 cm³/mol. The maximum Gasteiger partial charge on any atom is 0.330 e. The molecule has 0 radical (unpaired) electrons. The summed E-state index contributed by atoms with van der Waals surface area (Å²) in [5, 5.41) is 0. The third kappa shape index (κ3) is 10.4. The van der Waals surface area contributed by atoms with E-state index in [1.54, 1.807) is 0 Å². The number of hydrogen-bond acceptors (Lipinski definition) is 2. The van der Waals surface area contributed by atoms with Gasteiger partial charge in [-0.3, -0.25) is 0 Å². The Labute approximate surface area is 231 Å². The second-order valence-corrected chi connectivity index (χ2v) is 13.2. The van der Waals surface area contributed by atoms with Crippen LogP contribution in [0.5, 0.6) is 0 Å². The summed E-state index contributed by atoms with van der Waals surface area (Å²) in [5.74, 6) is 1.95. The van der Waals surface area contributed by atoms with Crippen molar-refractivity contribution in [1.29, 1.82) is 0 Å². The van der Waals surface area contributed by atoms with E-state index in [0.717, 1.165) is 0 Å². The zero-order chi connectivity index (χ0) is 26.0. The summed E-state index contributed by atoms with van der Waals surface area (Å²) in [6.07, 6.45) is 39.0. The largest absolute Gasteiger partial charge is 0.462 e.